The monoisotopic (exact) mass is 362 g/mol. The molecule has 0 unspecified atom stereocenters. The highest BCUT2D eigenvalue weighted by atomic mass is 32.2. The number of aromatic amines is 1. The van der Waals surface area contributed by atoms with Crippen LogP contribution in [-0.4, -0.2) is 52.7 Å². The summed E-state index contributed by atoms with van der Waals surface area (Å²) in [4.78, 5) is 34.5. The number of hydrogen-bond donors (Lipinski definition) is 1. The summed E-state index contributed by atoms with van der Waals surface area (Å²) >= 11 is 1.24. The number of nitrogens with one attached hydrogen (secondary N) is 1. The van der Waals surface area contributed by atoms with Crippen molar-refractivity contribution in [3.8, 4) is 0 Å². The van der Waals surface area contributed by atoms with Gasteiger partial charge >= 0.3 is 0 Å². The first kappa shape index (κ1) is 17.5. The number of amides is 1. The Labute approximate surface area is 149 Å². The van der Waals surface area contributed by atoms with Crippen LogP contribution in [0.15, 0.2) is 40.3 Å². The van der Waals surface area contributed by atoms with Gasteiger partial charge in [-0.05, 0) is 31.2 Å². The van der Waals surface area contributed by atoms with E-state index < -0.39 is 0 Å². The maximum atomic E-state index is 13.0. The number of H-pyrrole nitrogens is 1. The van der Waals surface area contributed by atoms with E-state index in [0.717, 1.165) is 5.69 Å². The molecule has 132 valence electrons. The molecular weight excluding hydrogens is 343 g/mol. The summed E-state index contributed by atoms with van der Waals surface area (Å²) in [5.74, 6) is 0.00783. The number of benzene rings is 1. The first-order chi connectivity index (χ1) is 12.0. The second-order valence-electron chi connectivity index (χ2n) is 5.82. The number of nitrogens with zero attached hydrogens (tertiary/aromatic N) is 3. The van der Waals surface area contributed by atoms with E-state index in [1.54, 1.807) is 24.0 Å². The molecule has 2 aromatic rings. The van der Waals surface area contributed by atoms with E-state index in [2.05, 4.69) is 14.9 Å². The Balaban J connectivity index is 1.51. The molecule has 1 aromatic carbocycles. The minimum absolute atomic E-state index is 0.0212. The zero-order valence-corrected chi connectivity index (χ0v) is 14.7. The number of piperazine rings is 1. The Morgan fingerprint density at radius 1 is 1.24 bits per heavy atom. The summed E-state index contributed by atoms with van der Waals surface area (Å²) in [5, 5.41) is 0.461. The zero-order valence-electron chi connectivity index (χ0n) is 13.9. The Morgan fingerprint density at radius 3 is 2.56 bits per heavy atom. The smallest absolute Gasteiger partial charge is 0.251 e. The third-order valence-corrected chi connectivity index (χ3v) is 4.86. The lowest BCUT2D eigenvalue weighted by molar-refractivity contribution is -0.128. The van der Waals surface area contributed by atoms with Crippen molar-refractivity contribution in [3.05, 3.63) is 52.2 Å². The van der Waals surface area contributed by atoms with Gasteiger partial charge in [0.25, 0.3) is 5.56 Å². The van der Waals surface area contributed by atoms with Crippen molar-refractivity contribution in [2.24, 2.45) is 0 Å². The molecule has 1 aliphatic heterocycles. The van der Waals surface area contributed by atoms with Gasteiger partial charge in [-0.2, -0.15) is 0 Å². The predicted octanol–water partition coefficient (Wildman–Crippen LogP) is 1.66. The third kappa shape index (κ3) is 4.60. The fourth-order valence-corrected chi connectivity index (χ4v) is 3.53. The number of rotatable bonds is 4. The molecular formula is C17H19FN4O2S. The number of carbonyl (C=O) groups is 1. The van der Waals surface area contributed by atoms with Gasteiger partial charge in [0.1, 0.15) is 5.82 Å². The number of thioether (sulfide) groups is 1. The summed E-state index contributed by atoms with van der Waals surface area (Å²) in [5.41, 5.74) is 1.38. The molecule has 0 saturated carbocycles. The molecule has 1 amide bonds. The molecule has 3 rings (SSSR count). The Hall–Kier alpha value is -2.35. The molecule has 1 aliphatic rings. The SMILES string of the molecule is Cc1cc(=O)[nH]c(SCC(=O)N2CCN(c3ccc(F)cc3)CC2)n1. The summed E-state index contributed by atoms with van der Waals surface area (Å²) in [6.45, 7) is 4.40. The van der Waals surface area contributed by atoms with Gasteiger partial charge in [-0.3, -0.25) is 9.59 Å². The van der Waals surface area contributed by atoms with E-state index in [0.29, 0.717) is 37.0 Å². The zero-order chi connectivity index (χ0) is 17.8. The van der Waals surface area contributed by atoms with E-state index in [9.17, 15) is 14.0 Å². The Morgan fingerprint density at radius 2 is 1.92 bits per heavy atom. The van der Waals surface area contributed by atoms with Crippen molar-refractivity contribution in [2.75, 3.05) is 36.8 Å². The number of halogens is 1. The molecule has 0 radical (unpaired) electrons. The number of aromatic nitrogens is 2. The Bertz CT molecular complexity index is 801. The van der Waals surface area contributed by atoms with Crippen molar-refractivity contribution in [1.82, 2.24) is 14.9 Å². The number of anilines is 1. The average molecular weight is 362 g/mol. The van der Waals surface area contributed by atoms with Crippen molar-refractivity contribution in [2.45, 2.75) is 12.1 Å². The van der Waals surface area contributed by atoms with Crippen molar-refractivity contribution in [3.63, 3.8) is 0 Å². The third-order valence-electron chi connectivity index (χ3n) is 4.00. The molecule has 1 saturated heterocycles. The number of carbonyl (C=O) groups excluding carboxylic acids is 1. The van der Waals surface area contributed by atoms with Crippen LogP contribution in [0.4, 0.5) is 10.1 Å². The second-order valence-corrected chi connectivity index (χ2v) is 6.79. The Kier molecular flexibility index (Phi) is 5.37. The average Bonchev–Trinajstić information content (AvgIpc) is 2.60. The quantitative estimate of drug-likeness (QED) is 0.662. The van der Waals surface area contributed by atoms with Crippen LogP contribution in [-0.2, 0) is 4.79 Å². The predicted molar refractivity (Wildman–Crippen MR) is 95.5 cm³/mol. The highest BCUT2D eigenvalue weighted by Gasteiger charge is 2.21. The van der Waals surface area contributed by atoms with E-state index in [1.807, 2.05) is 0 Å². The van der Waals surface area contributed by atoms with Gasteiger partial charge in [-0.1, -0.05) is 11.8 Å². The van der Waals surface area contributed by atoms with Crippen LogP contribution in [0.1, 0.15) is 5.69 Å². The fraction of sp³-hybridized carbons (Fsp3) is 0.353. The van der Waals surface area contributed by atoms with Crippen LogP contribution in [0.3, 0.4) is 0 Å². The van der Waals surface area contributed by atoms with Gasteiger partial charge in [0, 0.05) is 43.6 Å². The number of hydrogen-bond acceptors (Lipinski definition) is 5. The van der Waals surface area contributed by atoms with E-state index in [1.165, 1.54) is 30.0 Å². The maximum absolute atomic E-state index is 13.0. The molecule has 0 bridgehead atoms. The van der Waals surface area contributed by atoms with Crippen LogP contribution in [0.5, 0.6) is 0 Å². The van der Waals surface area contributed by atoms with E-state index in [-0.39, 0.29) is 23.0 Å². The molecule has 1 fully saturated rings. The normalized spacial score (nSPS) is 14.6. The standard InChI is InChI=1S/C17H19FN4O2S/c1-12-10-15(23)20-17(19-12)25-11-16(24)22-8-6-21(7-9-22)14-4-2-13(18)3-5-14/h2-5,10H,6-9,11H2,1H3,(H,19,20,23). The fourth-order valence-electron chi connectivity index (χ4n) is 2.71. The summed E-state index contributed by atoms with van der Waals surface area (Å²) in [6.07, 6.45) is 0. The van der Waals surface area contributed by atoms with Crippen LogP contribution >= 0.6 is 11.8 Å². The van der Waals surface area contributed by atoms with Crippen LogP contribution < -0.4 is 10.5 Å². The molecule has 6 nitrogen and oxygen atoms in total. The topological polar surface area (TPSA) is 69.3 Å². The van der Waals surface area contributed by atoms with E-state index in [4.69, 9.17) is 0 Å². The lowest BCUT2D eigenvalue weighted by atomic mass is 10.2. The molecule has 0 aliphatic carbocycles. The molecule has 2 heterocycles. The first-order valence-electron chi connectivity index (χ1n) is 8.00. The molecule has 1 aromatic heterocycles. The molecule has 8 heteroatoms. The molecule has 1 N–H and O–H groups in total. The van der Waals surface area contributed by atoms with Crippen molar-refractivity contribution in [1.29, 1.82) is 0 Å². The van der Waals surface area contributed by atoms with E-state index >= 15 is 0 Å². The van der Waals surface area contributed by atoms with Gasteiger partial charge in [-0.15, -0.1) is 0 Å². The van der Waals surface area contributed by atoms with Gasteiger partial charge in [0.15, 0.2) is 5.16 Å². The largest absolute Gasteiger partial charge is 0.368 e. The summed E-state index contributed by atoms with van der Waals surface area (Å²) in [6, 6.07) is 7.81. The minimum Gasteiger partial charge on any atom is -0.368 e. The van der Waals surface area contributed by atoms with Crippen LogP contribution in [0, 0.1) is 12.7 Å². The van der Waals surface area contributed by atoms with Gasteiger partial charge < -0.3 is 14.8 Å². The van der Waals surface area contributed by atoms with Crippen molar-refractivity contribution >= 4 is 23.4 Å². The summed E-state index contributed by atoms with van der Waals surface area (Å²) in [7, 11) is 0. The van der Waals surface area contributed by atoms with Crippen LogP contribution in [0.2, 0.25) is 0 Å². The lowest BCUT2D eigenvalue weighted by Crippen LogP contribution is -2.49. The lowest BCUT2D eigenvalue weighted by Gasteiger charge is -2.36. The highest BCUT2D eigenvalue weighted by molar-refractivity contribution is 7.99. The van der Waals surface area contributed by atoms with Gasteiger partial charge in [0.05, 0.1) is 5.75 Å². The molecule has 0 atom stereocenters. The minimum atomic E-state index is -0.252. The highest BCUT2D eigenvalue weighted by Crippen LogP contribution is 2.18. The van der Waals surface area contributed by atoms with Crippen molar-refractivity contribution < 1.29 is 9.18 Å². The molecule has 25 heavy (non-hydrogen) atoms. The second kappa shape index (κ2) is 7.69. The maximum Gasteiger partial charge on any atom is 0.251 e. The summed E-state index contributed by atoms with van der Waals surface area (Å²) < 4.78 is 13.0. The molecule has 0 spiro atoms. The van der Waals surface area contributed by atoms with Gasteiger partial charge in [0.2, 0.25) is 5.91 Å². The number of aryl methyl sites for hydroxylation is 1. The van der Waals surface area contributed by atoms with Crippen LogP contribution in [0.25, 0.3) is 0 Å². The van der Waals surface area contributed by atoms with Gasteiger partial charge in [-0.25, -0.2) is 9.37 Å². The first-order valence-corrected chi connectivity index (χ1v) is 8.99.